The summed E-state index contributed by atoms with van der Waals surface area (Å²) in [6.07, 6.45) is 0. The van der Waals surface area contributed by atoms with Crippen LogP contribution in [0.1, 0.15) is 0 Å². The van der Waals surface area contributed by atoms with Gasteiger partial charge in [0.15, 0.2) is 0 Å². The van der Waals surface area contributed by atoms with Gasteiger partial charge in [-0.2, -0.15) is 0 Å². The minimum atomic E-state index is 1.11. The molecule has 0 radical (unpaired) electrons. The predicted octanol–water partition coefficient (Wildman–Crippen LogP) is 15.3. The van der Waals surface area contributed by atoms with E-state index in [9.17, 15) is 0 Å². The summed E-state index contributed by atoms with van der Waals surface area (Å²) < 4.78 is 2.64. The van der Waals surface area contributed by atoms with Crippen LogP contribution in [0.4, 0.5) is 17.1 Å². The summed E-state index contributed by atoms with van der Waals surface area (Å²) in [5, 5.41) is 5.13. The van der Waals surface area contributed by atoms with E-state index in [1.807, 2.05) is 11.3 Å². The van der Waals surface area contributed by atoms with Gasteiger partial charge in [-0.25, -0.2) is 0 Å². The average Bonchev–Trinajstić information content (AvgIpc) is 3.61. The van der Waals surface area contributed by atoms with Gasteiger partial charge < -0.3 is 4.90 Å². The van der Waals surface area contributed by atoms with E-state index in [0.717, 1.165) is 17.1 Å². The minimum absolute atomic E-state index is 1.11. The molecule has 54 heavy (non-hydrogen) atoms. The van der Waals surface area contributed by atoms with Crippen molar-refractivity contribution in [2.45, 2.75) is 0 Å². The smallest absolute Gasteiger partial charge is 0.0468 e. The molecule has 0 atom stereocenters. The molecule has 0 unspecified atom stereocenters. The fourth-order valence-corrected chi connectivity index (χ4v) is 8.78. The molecule has 0 saturated carbocycles. The van der Waals surface area contributed by atoms with Crippen LogP contribution in [0.3, 0.4) is 0 Å². The maximum atomic E-state index is 2.39. The molecule has 0 fully saturated rings. The van der Waals surface area contributed by atoms with Crippen LogP contribution in [0.25, 0.3) is 75.5 Å². The van der Waals surface area contributed by atoms with Gasteiger partial charge in [0.05, 0.1) is 0 Å². The number of hydrogen-bond acceptors (Lipinski definition) is 2. The van der Waals surface area contributed by atoms with Crippen molar-refractivity contribution in [3.63, 3.8) is 0 Å². The summed E-state index contributed by atoms with van der Waals surface area (Å²) >= 11 is 1.87. The van der Waals surface area contributed by atoms with Crippen molar-refractivity contribution < 1.29 is 0 Å². The minimum Gasteiger partial charge on any atom is -0.310 e. The molecule has 0 bridgehead atoms. The summed E-state index contributed by atoms with van der Waals surface area (Å²) in [6, 6.07) is 77.1. The average molecular weight is 706 g/mol. The lowest BCUT2D eigenvalue weighted by Crippen LogP contribution is -2.10. The Morgan fingerprint density at radius 2 is 0.741 bits per heavy atom. The molecule has 254 valence electrons. The van der Waals surface area contributed by atoms with Crippen LogP contribution in [-0.4, -0.2) is 0 Å². The Morgan fingerprint density at radius 3 is 1.37 bits per heavy atom. The van der Waals surface area contributed by atoms with Crippen LogP contribution >= 0.6 is 11.3 Å². The van der Waals surface area contributed by atoms with Gasteiger partial charge in [-0.05, 0) is 110 Å². The topological polar surface area (TPSA) is 3.24 Å². The Kier molecular flexibility index (Phi) is 8.09. The number of nitrogens with zero attached hydrogens (tertiary/aromatic N) is 1. The molecule has 0 aliphatic rings. The number of thiophene rings is 1. The van der Waals surface area contributed by atoms with Gasteiger partial charge in [-0.3, -0.25) is 0 Å². The van der Waals surface area contributed by atoms with Crippen LogP contribution in [0.2, 0.25) is 0 Å². The molecular formula is C52H35NS. The second-order valence-corrected chi connectivity index (χ2v) is 14.9. The third kappa shape index (κ3) is 6.03. The van der Waals surface area contributed by atoms with Crippen molar-refractivity contribution in [3.8, 4) is 44.5 Å². The number of anilines is 3. The molecule has 0 aliphatic heterocycles. The molecule has 0 saturated heterocycles. The fraction of sp³-hybridized carbons (Fsp3) is 0. The molecule has 1 heterocycles. The molecule has 0 aliphatic carbocycles. The zero-order chi connectivity index (χ0) is 35.8. The summed E-state index contributed by atoms with van der Waals surface area (Å²) in [5.74, 6) is 0. The first kappa shape index (κ1) is 32.0. The Morgan fingerprint density at radius 1 is 0.259 bits per heavy atom. The zero-order valence-electron chi connectivity index (χ0n) is 29.6. The van der Waals surface area contributed by atoms with E-state index in [0.29, 0.717) is 0 Å². The third-order valence-electron chi connectivity index (χ3n) is 10.5. The lowest BCUT2D eigenvalue weighted by Gasteiger charge is -2.26. The van der Waals surface area contributed by atoms with Crippen LogP contribution < -0.4 is 4.90 Å². The van der Waals surface area contributed by atoms with E-state index < -0.39 is 0 Å². The number of benzene rings is 9. The van der Waals surface area contributed by atoms with E-state index in [-0.39, 0.29) is 0 Å². The molecule has 9 aromatic carbocycles. The lowest BCUT2D eigenvalue weighted by atomic mass is 9.99. The number of hydrogen-bond donors (Lipinski definition) is 0. The Bertz CT molecular complexity index is 2890. The van der Waals surface area contributed by atoms with E-state index in [4.69, 9.17) is 0 Å². The lowest BCUT2D eigenvalue weighted by molar-refractivity contribution is 1.29. The highest BCUT2D eigenvalue weighted by molar-refractivity contribution is 7.25. The van der Waals surface area contributed by atoms with Crippen LogP contribution in [-0.2, 0) is 0 Å². The normalized spacial score (nSPS) is 11.3. The third-order valence-corrected chi connectivity index (χ3v) is 11.6. The maximum Gasteiger partial charge on any atom is 0.0468 e. The van der Waals surface area contributed by atoms with Crippen molar-refractivity contribution >= 4 is 59.3 Å². The number of rotatable bonds is 7. The Labute approximate surface area is 319 Å². The van der Waals surface area contributed by atoms with Crippen LogP contribution in [0.15, 0.2) is 212 Å². The standard InChI is InChI=1S/C52H35NS/c1-3-10-36(11-4-1)38-18-20-40(21-19-38)41-26-29-46(30-27-41)53(47-15-9-14-43(32-47)42-24-22-39(23-25-42)37-12-5-2-6-13-37)48-31-28-44-34-50-49-16-7-8-17-51(49)54-52(50)35-45(44)33-48/h1-35H. The first-order chi connectivity index (χ1) is 26.7. The summed E-state index contributed by atoms with van der Waals surface area (Å²) in [7, 11) is 0. The van der Waals surface area contributed by atoms with Gasteiger partial charge in [0.2, 0.25) is 0 Å². The molecule has 0 amide bonds. The molecule has 2 heteroatoms. The van der Waals surface area contributed by atoms with Crippen molar-refractivity contribution in [2.24, 2.45) is 0 Å². The molecule has 10 rings (SSSR count). The predicted molar refractivity (Wildman–Crippen MR) is 233 cm³/mol. The van der Waals surface area contributed by atoms with Crippen molar-refractivity contribution in [1.82, 2.24) is 0 Å². The second-order valence-electron chi connectivity index (χ2n) is 13.8. The van der Waals surface area contributed by atoms with Gasteiger partial charge in [0, 0.05) is 37.2 Å². The van der Waals surface area contributed by atoms with Gasteiger partial charge in [0.1, 0.15) is 0 Å². The van der Waals surface area contributed by atoms with Gasteiger partial charge in [-0.1, -0.05) is 158 Å². The molecule has 0 N–H and O–H groups in total. The Balaban J connectivity index is 1.05. The highest BCUT2D eigenvalue weighted by Gasteiger charge is 2.16. The van der Waals surface area contributed by atoms with E-state index in [2.05, 4.69) is 217 Å². The molecular weight excluding hydrogens is 671 g/mol. The summed E-state index contributed by atoms with van der Waals surface area (Å²) in [6.45, 7) is 0. The van der Waals surface area contributed by atoms with Crippen LogP contribution in [0, 0.1) is 0 Å². The van der Waals surface area contributed by atoms with Crippen molar-refractivity contribution in [3.05, 3.63) is 212 Å². The zero-order valence-corrected chi connectivity index (χ0v) is 30.4. The van der Waals surface area contributed by atoms with E-state index >= 15 is 0 Å². The van der Waals surface area contributed by atoms with Crippen molar-refractivity contribution in [2.75, 3.05) is 4.90 Å². The molecule has 10 aromatic rings. The van der Waals surface area contributed by atoms with Gasteiger partial charge in [-0.15, -0.1) is 11.3 Å². The fourth-order valence-electron chi connectivity index (χ4n) is 7.64. The first-order valence-corrected chi connectivity index (χ1v) is 19.2. The Hall–Kier alpha value is -6.74. The highest BCUT2D eigenvalue weighted by Crippen LogP contribution is 2.41. The van der Waals surface area contributed by atoms with Crippen molar-refractivity contribution in [1.29, 1.82) is 0 Å². The molecule has 1 aromatic heterocycles. The molecule has 0 spiro atoms. The summed E-state index contributed by atoms with van der Waals surface area (Å²) in [5.41, 5.74) is 13.0. The van der Waals surface area contributed by atoms with E-state index in [1.54, 1.807) is 0 Å². The number of fused-ring (bicyclic) bond motifs is 4. The van der Waals surface area contributed by atoms with Crippen LogP contribution in [0.5, 0.6) is 0 Å². The quantitative estimate of drug-likeness (QED) is 0.160. The van der Waals surface area contributed by atoms with E-state index in [1.165, 1.54) is 75.5 Å². The SMILES string of the molecule is c1ccc(-c2ccc(-c3ccc(N(c4cccc(-c5ccc(-c6ccccc6)cc5)c4)c4ccc5cc6c(cc5c4)sc4ccccc46)cc3)cc2)cc1. The highest BCUT2D eigenvalue weighted by atomic mass is 32.1. The maximum absolute atomic E-state index is 2.39. The molecule has 1 nitrogen and oxygen atoms in total. The second kappa shape index (κ2) is 13.7. The monoisotopic (exact) mass is 705 g/mol. The first-order valence-electron chi connectivity index (χ1n) is 18.4. The summed E-state index contributed by atoms with van der Waals surface area (Å²) in [4.78, 5) is 2.39. The van der Waals surface area contributed by atoms with Gasteiger partial charge >= 0.3 is 0 Å². The van der Waals surface area contributed by atoms with Gasteiger partial charge in [0.25, 0.3) is 0 Å². The largest absolute Gasteiger partial charge is 0.310 e.